The Morgan fingerprint density at radius 1 is 1.07 bits per heavy atom. The topological polar surface area (TPSA) is 35.5 Å². The van der Waals surface area contributed by atoms with Crippen LogP contribution in [0.1, 0.15) is 39.5 Å². The zero-order chi connectivity index (χ0) is 11.7. The normalized spacial score (nSPS) is 12.4. The SMILES string of the molecule is CN(C)C(C)(C)CNCCCCCCO. The Morgan fingerprint density at radius 3 is 2.20 bits per heavy atom. The number of nitrogens with one attached hydrogen (secondary N) is 1. The van der Waals surface area contributed by atoms with Crippen molar-refractivity contribution in [3.05, 3.63) is 0 Å². The summed E-state index contributed by atoms with van der Waals surface area (Å²) in [6, 6.07) is 0. The van der Waals surface area contributed by atoms with Gasteiger partial charge in [0.05, 0.1) is 0 Å². The molecule has 0 aromatic rings. The molecule has 3 heteroatoms. The monoisotopic (exact) mass is 216 g/mol. The maximum Gasteiger partial charge on any atom is 0.0431 e. The lowest BCUT2D eigenvalue weighted by molar-refractivity contribution is 0.190. The highest BCUT2D eigenvalue weighted by Crippen LogP contribution is 2.07. The fourth-order valence-electron chi connectivity index (χ4n) is 1.27. The average Bonchev–Trinajstić information content (AvgIpc) is 2.16. The van der Waals surface area contributed by atoms with Crippen LogP contribution in [0, 0.1) is 0 Å². The number of aliphatic hydroxyl groups excluding tert-OH is 1. The van der Waals surface area contributed by atoms with Gasteiger partial charge in [-0.3, -0.25) is 0 Å². The molecule has 0 aromatic carbocycles. The van der Waals surface area contributed by atoms with Crippen LogP contribution in [0.4, 0.5) is 0 Å². The van der Waals surface area contributed by atoms with Gasteiger partial charge < -0.3 is 15.3 Å². The van der Waals surface area contributed by atoms with Crippen molar-refractivity contribution in [3.63, 3.8) is 0 Å². The second-order valence-electron chi connectivity index (χ2n) is 5.02. The minimum absolute atomic E-state index is 0.227. The standard InChI is InChI=1S/C12H28N2O/c1-12(2,14(3)4)11-13-9-7-5-6-8-10-15/h13,15H,5-11H2,1-4H3. The molecule has 0 aromatic heterocycles. The Balaban J connectivity index is 3.31. The van der Waals surface area contributed by atoms with E-state index in [0.717, 1.165) is 25.9 Å². The van der Waals surface area contributed by atoms with Gasteiger partial charge in [0.1, 0.15) is 0 Å². The molecule has 0 aliphatic rings. The Kier molecular flexibility index (Phi) is 8.02. The molecule has 15 heavy (non-hydrogen) atoms. The first kappa shape index (κ1) is 14.9. The van der Waals surface area contributed by atoms with Gasteiger partial charge in [0.2, 0.25) is 0 Å². The van der Waals surface area contributed by atoms with Gasteiger partial charge in [-0.15, -0.1) is 0 Å². The molecule has 0 saturated carbocycles. The van der Waals surface area contributed by atoms with E-state index in [1.807, 2.05) is 0 Å². The minimum atomic E-state index is 0.227. The van der Waals surface area contributed by atoms with Crippen LogP contribution in [-0.4, -0.2) is 49.3 Å². The summed E-state index contributed by atoms with van der Waals surface area (Å²) in [6.45, 7) is 6.93. The van der Waals surface area contributed by atoms with E-state index in [1.165, 1.54) is 12.8 Å². The van der Waals surface area contributed by atoms with Crippen molar-refractivity contribution in [2.75, 3.05) is 33.8 Å². The minimum Gasteiger partial charge on any atom is -0.396 e. The maximum atomic E-state index is 8.62. The first-order valence-electron chi connectivity index (χ1n) is 5.99. The van der Waals surface area contributed by atoms with Crippen LogP contribution in [0.3, 0.4) is 0 Å². The van der Waals surface area contributed by atoms with E-state index in [1.54, 1.807) is 0 Å². The van der Waals surface area contributed by atoms with Crippen LogP contribution < -0.4 is 5.32 Å². The van der Waals surface area contributed by atoms with E-state index in [-0.39, 0.29) is 5.54 Å². The lowest BCUT2D eigenvalue weighted by Gasteiger charge is -2.32. The number of rotatable bonds is 9. The van der Waals surface area contributed by atoms with E-state index in [2.05, 4.69) is 38.2 Å². The molecule has 0 bridgehead atoms. The van der Waals surface area contributed by atoms with Crippen molar-refractivity contribution in [1.29, 1.82) is 0 Å². The molecule has 0 fully saturated rings. The number of unbranched alkanes of at least 4 members (excludes halogenated alkanes) is 3. The zero-order valence-corrected chi connectivity index (χ0v) is 10.8. The molecule has 3 nitrogen and oxygen atoms in total. The van der Waals surface area contributed by atoms with Crippen molar-refractivity contribution < 1.29 is 5.11 Å². The van der Waals surface area contributed by atoms with Crippen LogP contribution >= 0.6 is 0 Å². The van der Waals surface area contributed by atoms with Crippen LogP contribution in [0.15, 0.2) is 0 Å². The van der Waals surface area contributed by atoms with E-state index in [9.17, 15) is 0 Å². The third-order valence-electron chi connectivity index (χ3n) is 3.03. The number of likely N-dealkylation sites (N-methyl/N-ethyl adjacent to an activating group) is 1. The third-order valence-corrected chi connectivity index (χ3v) is 3.03. The van der Waals surface area contributed by atoms with E-state index >= 15 is 0 Å². The molecule has 0 unspecified atom stereocenters. The lowest BCUT2D eigenvalue weighted by Crippen LogP contribution is -2.46. The maximum absolute atomic E-state index is 8.62. The van der Waals surface area contributed by atoms with E-state index < -0.39 is 0 Å². The summed E-state index contributed by atoms with van der Waals surface area (Å²) in [5.41, 5.74) is 0.227. The van der Waals surface area contributed by atoms with Crippen molar-refractivity contribution in [1.82, 2.24) is 10.2 Å². The van der Waals surface area contributed by atoms with Crippen LogP contribution in [0.5, 0.6) is 0 Å². The molecule has 0 heterocycles. The van der Waals surface area contributed by atoms with Crippen molar-refractivity contribution >= 4 is 0 Å². The highest BCUT2D eigenvalue weighted by molar-refractivity contribution is 4.79. The molecule has 0 aliphatic carbocycles. The van der Waals surface area contributed by atoms with Gasteiger partial charge >= 0.3 is 0 Å². The Hall–Kier alpha value is -0.120. The summed E-state index contributed by atoms with van der Waals surface area (Å²) >= 11 is 0. The molecule has 0 aliphatic heterocycles. The van der Waals surface area contributed by atoms with Gasteiger partial charge in [0.15, 0.2) is 0 Å². The lowest BCUT2D eigenvalue weighted by atomic mass is 10.0. The summed E-state index contributed by atoms with van der Waals surface area (Å²) in [5.74, 6) is 0. The molecule has 2 N–H and O–H groups in total. The van der Waals surface area contributed by atoms with Gasteiger partial charge in [0, 0.05) is 18.7 Å². The number of nitrogens with zero attached hydrogens (tertiary/aromatic N) is 1. The number of hydrogen-bond acceptors (Lipinski definition) is 3. The second-order valence-corrected chi connectivity index (χ2v) is 5.02. The van der Waals surface area contributed by atoms with Gasteiger partial charge in [-0.2, -0.15) is 0 Å². The fraction of sp³-hybridized carbons (Fsp3) is 1.00. The van der Waals surface area contributed by atoms with Crippen LogP contribution in [0.25, 0.3) is 0 Å². The fourth-order valence-corrected chi connectivity index (χ4v) is 1.27. The molecule has 0 rings (SSSR count). The predicted octanol–water partition coefficient (Wildman–Crippen LogP) is 1.47. The molecule has 0 radical (unpaired) electrons. The summed E-state index contributed by atoms with van der Waals surface area (Å²) in [6.07, 6.45) is 4.53. The first-order chi connectivity index (χ1) is 7.00. The van der Waals surface area contributed by atoms with Crippen molar-refractivity contribution in [3.8, 4) is 0 Å². The Morgan fingerprint density at radius 2 is 1.67 bits per heavy atom. The molecule has 92 valence electrons. The highest BCUT2D eigenvalue weighted by Gasteiger charge is 2.18. The molecular weight excluding hydrogens is 188 g/mol. The predicted molar refractivity (Wildman–Crippen MR) is 66.2 cm³/mol. The van der Waals surface area contributed by atoms with Gasteiger partial charge in [-0.1, -0.05) is 12.8 Å². The van der Waals surface area contributed by atoms with Gasteiger partial charge in [-0.05, 0) is 47.3 Å². The van der Waals surface area contributed by atoms with Crippen molar-refractivity contribution in [2.24, 2.45) is 0 Å². The van der Waals surface area contributed by atoms with E-state index in [0.29, 0.717) is 6.61 Å². The van der Waals surface area contributed by atoms with Crippen LogP contribution in [0.2, 0.25) is 0 Å². The Labute approximate surface area is 94.9 Å². The summed E-state index contributed by atoms with van der Waals surface area (Å²) < 4.78 is 0. The quantitative estimate of drug-likeness (QED) is 0.573. The number of aliphatic hydroxyl groups is 1. The molecule has 0 saturated heterocycles. The van der Waals surface area contributed by atoms with Gasteiger partial charge in [0.25, 0.3) is 0 Å². The molecule has 0 atom stereocenters. The summed E-state index contributed by atoms with van der Waals surface area (Å²) in [7, 11) is 4.23. The summed E-state index contributed by atoms with van der Waals surface area (Å²) in [5, 5.41) is 12.1. The second kappa shape index (κ2) is 8.08. The van der Waals surface area contributed by atoms with E-state index in [4.69, 9.17) is 5.11 Å². The van der Waals surface area contributed by atoms with Gasteiger partial charge in [-0.25, -0.2) is 0 Å². The molecule has 0 spiro atoms. The smallest absolute Gasteiger partial charge is 0.0431 e. The third kappa shape index (κ3) is 7.77. The largest absolute Gasteiger partial charge is 0.396 e. The number of hydrogen-bond donors (Lipinski definition) is 2. The molecular formula is C12H28N2O. The summed E-state index contributed by atoms with van der Waals surface area (Å²) in [4.78, 5) is 2.24. The average molecular weight is 216 g/mol. The zero-order valence-electron chi connectivity index (χ0n) is 10.8. The van der Waals surface area contributed by atoms with Crippen LogP contribution in [-0.2, 0) is 0 Å². The molecule has 0 amide bonds. The Bertz CT molecular complexity index is 147. The van der Waals surface area contributed by atoms with Crippen molar-refractivity contribution in [2.45, 2.75) is 45.1 Å². The first-order valence-corrected chi connectivity index (χ1v) is 5.99. The highest BCUT2D eigenvalue weighted by atomic mass is 16.2.